The van der Waals surface area contributed by atoms with E-state index in [0.717, 1.165) is 24.0 Å². The Labute approximate surface area is 157 Å². The van der Waals surface area contributed by atoms with E-state index in [0.29, 0.717) is 19.0 Å². The van der Waals surface area contributed by atoms with Gasteiger partial charge in [-0.15, -0.1) is 0 Å². The minimum Gasteiger partial charge on any atom is -0.340 e. The van der Waals surface area contributed by atoms with Crippen LogP contribution >= 0.6 is 0 Å². The third-order valence-corrected chi connectivity index (χ3v) is 6.42. The number of aromatic amines is 1. The normalized spacial score (nSPS) is 25.4. The Bertz CT molecular complexity index is 869. The maximum atomic E-state index is 12.8. The van der Waals surface area contributed by atoms with Crippen molar-refractivity contribution in [2.75, 3.05) is 19.6 Å². The van der Waals surface area contributed by atoms with Gasteiger partial charge in [-0.1, -0.05) is 6.42 Å². The number of H-pyrrole nitrogens is 1. The first-order valence-electron chi connectivity index (χ1n) is 9.80. The number of aromatic nitrogens is 2. The number of piperidine rings is 1. The van der Waals surface area contributed by atoms with E-state index in [4.69, 9.17) is 0 Å². The average Bonchev–Trinajstić information content (AvgIpc) is 2.90. The number of hydrogen-bond acceptors (Lipinski definition) is 4. The van der Waals surface area contributed by atoms with Gasteiger partial charge in [0.2, 0.25) is 11.8 Å². The van der Waals surface area contributed by atoms with E-state index < -0.39 is 11.2 Å². The summed E-state index contributed by atoms with van der Waals surface area (Å²) in [5.41, 5.74) is -0.676. The van der Waals surface area contributed by atoms with Gasteiger partial charge in [-0.3, -0.25) is 19.0 Å². The number of nitrogens with zero attached hydrogens (tertiary/aromatic N) is 3. The summed E-state index contributed by atoms with van der Waals surface area (Å²) < 4.78 is 0.971. The first-order chi connectivity index (χ1) is 12.9. The van der Waals surface area contributed by atoms with Gasteiger partial charge in [-0.2, -0.15) is 0 Å². The second kappa shape index (κ2) is 6.98. The van der Waals surface area contributed by atoms with Crippen LogP contribution in [0.15, 0.2) is 15.8 Å². The van der Waals surface area contributed by atoms with Crippen LogP contribution in [0.2, 0.25) is 0 Å². The fraction of sp³-hybridized carbons (Fsp3) is 0.684. The van der Waals surface area contributed by atoms with Gasteiger partial charge in [0.1, 0.15) is 0 Å². The summed E-state index contributed by atoms with van der Waals surface area (Å²) in [4.78, 5) is 55.6. The van der Waals surface area contributed by atoms with Crippen molar-refractivity contribution in [2.45, 2.75) is 44.6 Å². The largest absolute Gasteiger partial charge is 0.340 e. The summed E-state index contributed by atoms with van der Waals surface area (Å²) >= 11 is 0. The SMILES string of the molecule is Cn1c(=O)[nH]cc(CC(=O)N2C[C@@H]3CC[C@H](C2)N(CC2CCC2)C3=O)c1=O. The molecule has 2 amide bonds. The third kappa shape index (κ3) is 3.33. The number of fused-ring (bicyclic) bond motifs is 4. The lowest BCUT2D eigenvalue weighted by Gasteiger charge is -2.40. The molecule has 0 radical (unpaired) electrons. The van der Waals surface area contributed by atoms with Crippen LogP contribution in [0.1, 0.15) is 37.7 Å². The number of carbonyl (C=O) groups excluding carboxylic acids is 2. The molecule has 1 N–H and O–H groups in total. The van der Waals surface area contributed by atoms with Crippen molar-refractivity contribution < 1.29 is 9.59 Å². The molecule has 5 rings (SSSR count). The van der Waals surface area contributed by atoms with Crippen LogP contribution < -0.4 is 11.2 Å². The Morgan fingerprint density at radius 2 is 1.93 bits per heavy atom. The van der Waals surface area contributed by atoms with Gasteiger partial charge in [-0.25, -0.2) is 4.79 Å². The van der Waals surface area contributed by atoms with Crippen molar-refractivity contribution in [3.05, 3.63) is 32.6 Å². The van der Waals surface area contributed by atoms with Crippen molar-refractivity contribution >= 4 is 11.8 Å². The molecule has 1 aliphatic carbocycles. The first kappa shape index (κ1) is 18.0. The van der Waals surface area contributed by atoms with Gasteiger partial charge in [0.05, 0.1) is 12.3 Å². The highest BCUT2D eigenvalue weighted by atomic mass is 16.2. The molecule has 27 heavy (non-hydrogen) atoms. The number of nitrogens with one attached hydrogen (secondary N) is 1. The lowest BCUT2D eigenvalue weighted by molar-refractivity contribution is -0.141. The zero-order valence-electron chi connectivity index (χ0n) is 15.6. The predicted octanol–water partition coefficient (Wildman–Crippen LogP) is -0.134. The van der Waals surface area contributed by atoms with Crippen LogP contribution in [-0.2, 0) is 23.1 Å². The standard InChI is InChI=1S/C19H26N4O4/c1-21-17(25)14(8-20-19(21)27)7-16(24)22-10-13-5-6-15(11-22)23(18(13)26)9-12-3-2-4-12/h8,12-13,15H,2-7,9-11H2,1H3,(H,20,27)/t13-,15+/m0/s1. The highest BCUT2D eigenvalue weighted by Crippen LogP contribution is 2.34. The number of hydrogen-bond donors (Lipinski definition) is 1. The van der Waals surface area contributed by atoms with Crippen molar-refractivity contribution in [3.8, 4) is 0 Å². The molecule has 0 aromatic carbocycles. The Hall–Kier alpha value is -2.38. The number of rotatable bonds is 4. The average molecular weight is 374 g/mol. The van der Waals surface area contributed by atoms with Crippen molar-refractivity contribution in [1.82, 2.24) is 19.4 Å². The highest BCUT2D eigenvalue weighted by molar-refractivity contribution is 5.84. The van der Waals surface area contributed by atoms with Crippen LogP contribution in [0.3, 0.4) is 0 Å². The quantitative estimate of drug-likeness (QED) is 0.794. The topological polar surface area (TPSA) is 95.5 Å². The lowest BCUT2D eigenvalue weighted by Crippen LogP contribution is -2.50. The van der Waals surface area contributed by atoms with E-state index in [1.165, 1.54) is 32.5 Å². The molecule has 0 spiro atoms. The molecule has 4 fully saturated rings. The zero-order valence-corrected chi connectivity index (χ0v) is 15.6. The second-order valence-corrected chi connectivity index (χ2v) is 8.17. The van der Waals surface area contributed by atoms with Crippen molar-refractivity contribution in [3.63, 3.8) is 0 Å². The molecule has 1 aromatic heterocycles. The van der Waals surface area contributed by atoms with Gasteiger partial charge < -0.3 is 14.8 Å². The first-order valence-corrected chi connectivity index (χ1v) is 9.80. The molecule has 3 aliphatic heterocycles. The lowest BCUT2D eigenvalue weighted by atomic mass is 9.83. The van der Waals surface area contributed by atoms with Gasteiger partial charge >= 0.3 is 5.69 Å². The fourth-order valence-corrected chi connectivity index (χ4v) is 4.45. The van der Waals surface area contributed by atoms with Gasteiger partial charge in [0, 0.05) is 44.5 Å². The zero-order chi connectivity index (χ0) is 19.1. The molecular weight excluding hydrogens is 348 g/mol. The monoisotopic (exact) mass is 374 g/mol. The number of amides is 2. The Balaban J connectivity index is 1.49. The number of carbonyl (C=O) groups is 2. The summed E-state index contributed by atoms with van der Waals surface area (Å²) in [6.45, 7) is 1.79. The van der Waals surface area contributed by atoms with E-state index in [1.54, 1.807) is 4.90 Å². The van der Waals surface area contributed by atoms with Crippen molar-refractivity contribution in [1.29, 1.82) is 0 Å². The molecule has 8 nitrogen and oxygen atoms in total. The summed E-state index contributed by atoms with van der Waals surface area (Å²) in [5, 5.41) is 0. The Morgan fingerprint density at radius 3 is 2.63 bits per heavy atom. The molecule has 4 heterocycles. The molecule has 1 saturated carbocycles. The van der Waals surface area contributed by atoms with E-state index in [9.17, 15) is 19.2 Å². The molecular formula is C19H26N4O4. The van der Waals surface area contributed by atoms with Crippen LogP contribution in [0, 0.1) is 11.8 Å². The summed E-state index contributed by atoms with van der Waals surface area (Å²) in [5.74, 6) is 0.510. The van der Waals surface area contributed by atoms with E-state index in [1.807, 2.05) is 4.90 Å². The van der Waals surface area contributed by atoms with Gasteiger partial charge in [0.15, 0.2) is 0 Å². The second-order valence-electron chi connectivity index (χ2n) is 8.17. The van der Waals surface area contributed by atoms with E-state index in [2.05, 4.69) is 4.98 Å². The van der Waals surface area contributed by atoms with E-state index in [-0.39, 0.29) is 35.8 Å². The molecule has 2 bridgehead atoms. The maximum absolute atomic E-state index is 12.8. The molecule has 2 atom stereocenters. The van der Waals surface area contributed by atoms with Crippen molar-refractivity contribution in [2.24, 2.45) is 18.9 Å². The van der Waals surface area contributed by atoms with E-state index >= 15 is 0 Å². The maximum Gasteiger partial charge on any atom is 0.328 e. The van der Waals surface area contributed by atoms with Gasteiger partial charge in [0.25, 0.3) is 5.56 Å². The van der Waals surface area contributed by atoms with Crippen LogP contribution in [0.5, 0.6) is 0 Å². The smallest absolute Gasteiger partial charge is 0.328 e. The molecule has 0 unspecified atom stereocenters. The van der Waals surface area contributed by atoms with Crippen LogP contribution in [0.25, 0.3) is 0 Å². The summed E-state index contributed by atoms with van der Waals surface area (Å²) in [6.07, 6.45) is 6.67. The van der Waals surface area contributed by atoms with Crippen LogP contribution in [-0.4, -0.2) is 56.8 Å². The molecule has 3 saturated heterocycles. The molecule has 146 valence electrons. The summed E-state index contributed by atoms with van der Waals surface area (Å²) in [7, 11) is 1.39. The van der Waals surface area contributed by atoms with Gasteiger partial charge in [-0.05, 0) is 31.6 Å². The fourth-order valence-electron chi connectivity index (χ4n) is 4.45. The minimum atomic E-state index is -0.499. The van der Waals surface area contributed by atoms with Crippen LogP contribution in [0.4, 0.5) is 0 Å². The summed E-state index contributed by atoms with van der Waals surface area (Å²) in [6, 6.07) is 0.0826. The Kier molecular flexibility index (Phi) is 4.65. The predicted molar refractivity (Wildman–Crippen MR) is 98.2 cm³/mol. The third-order valence-electron chi connectivity index (χ3n) is 6.42. The minimum absolute atomic E-state index is 0.0558. The molecule has 8 heteroatoms. The Morgan fingerprint density at radius 1 is 1.15 bits per heavy atom. The molecule has 4 aliphatic rings. The molecule has 1 aromatic rings. The highest BCUT2D eigenvalue weighted by Gasteiger charge is 2.42.